The number of nitriles is 1. The van der Waals surface area contributed by atoms with Crippen molar-refractivity contribution in [3.05, 3.63) is 74.7 Å². The summed E-state index contributed by atoms with van der Waals surface area (Å²) in [6, 6.07) is 14.3. The van der Waals surface area contributed by atoms with Crippen LogP contribution >= 0.6 is 22.9 Å². The van der Waals surface area contributed by atoms with Gasteiger partial charge in [0.15, 0.2) is 15.0 Å². The Kier molecular flexibility index (Phi) is 7.81. The molecule has 0 bridgehead atoms. The third-order valence-electron chi connectivity index (χ3n) is 6.22. The van der Waals surface area contributed by atoms with Crippen LogP contribution in [0.3, 0.4) is 0 Å². The van der Waals surface area contributed by atoms with E-state index in [1.165, 1.54) is 35.1 Å². The third kappa shape index (κ3) is 5.62. The fourth-order valence-electron chi connectivity index (χ4n) is 4.44. The monoisotopic (exact) mass is 542 g/mol. The molecule has 0 aliphatic carbocycles. The number of amides is 1. The molecule has 7 nitrogen and oxygen atoms in total. The SMILES string of the molecule is CCS(=O)(=O)c1ccc(CC(=O)Nc2nc3c(s2)CN(Cc2ccc(Cl)cc2)C3C(C)C)c(C#N)c1. The first-order valence-corrected chi connectivity index (χ1v) is 14.5. The van der Waals surface area contributed by atoms with E-state index in [1.807, 2.05) is 30.3 Å². The molecule has 3 aromatic rings. The van der Waals surface area contributed by atoms with Gasteiger partial charge in [0.25, 0.3) is 0 Å². The fraction of sp³-hybridized carbons (Fsp3) is 0.346. The average molecular weight is 543 g/mol. The van der Waals surface area contributed by atoms with E-state index in [0.717, 1.165) is 23.7 Å². The van der Waals surface area contributed by atoms with Gasteiger partial charge >= 0.3 is 0 Å². The van der Waals surface area contributed by atoms with Crippen molar-refractivity contribution in [1.82, 2.24) is 9.88 Å². The maximum absolute atomic E-state index is 12.8. The predicted molar refractivity (Wildman–Crippen MR) is 142 cm³/mol. The van der Waals surface area contributed by atoms with Crippen LogP contribution < -0.4 is 5.32 Å². The first-order chi connectivity index (χ1) is 17.1. The molecule has 0 spiro atoms. The van der Waals surface area contributed by atoms with Crippen LogP contribution in [0.15, 0.2) is 47.4 Å². The molecule has 1 atom stereocenters. The van der Waals surface area contributed by atoms with Gasteiger partial charge in [-0.15, -0.1) is 11.3 Å². The Morgan fingerprint density at radius 2 is 2.00 bits per heavy atom. The molecule has 0 saturated heterocycles. The average Bonchev–Trinajstić information content (AvgIpc) is 3.36. The van der Waals surface area contributed by atoms with Gasteiger partial charge in [-0.1, -0.05) is 50.6 Å². The minimum atomic E-state index is -3.43. The van der Waals surface area contributed by atoms with Gasteiger partial charge in [-0.3, -0.25) is 9.69 Å². The van der Waals surface area contributed by atoms with Gasteiger partial charge in [0.2, 0.25) is 5.91 Å². The lowest BCUT2D eigenvalue weighted by Gasteiger charge is -2.27. The van der Waals surface area contributed by atoms with Crippen molar-refractivity contribution in [2.24, 2.45) is 5.92 Å². The number of thiazole rings is 1. The Balaban J connectivity index is 1.46. The van der Waals surface area contributed by atoms with E-state index in [9.17, 15) is 18.5 Å². The van der Waals surface area contributed by atoms with Gasteiger partial charge in [-0.2, -0.15) is 5.26 Å². The first-order valence-electron chi connectivity index (χ1n) is 11.6. The van der Waals surface area contributed by atoms with Crippen LogP contribution in [-0.2, 0) is 34.1 Å². The number of hydrogen-bond donors (Lipinski definition) is 1. The predicted octanol–water partition coefficient (Wildman–Crippen LogP) is 5.36. The lowest BCUT2D eigenvalue weighted by Crippen LogP contribution is -2.26. The number of nitrogens with one attached hydrogen (secondary N) is 1. The van der Waals surface area contributed by atoms with Crippen molar-refractivity contribution in [1.29, 1.82) is 5.26 Å². The van der Waals surface area contributed by atoms with E-state index >= 15 is 0 Å². The van der Waals surface area contributed by atoms with E-state index in [2.05, 4.69) is 24.1 Å². The van der Waals surface area contributed by atoms with Crippen LogP contribution in [0, 0.1) is 17.2 Å². The van der Waals surface area contributed by atoms with Crippen molar-refractivity contribution < 1.29 is 13.2 Å². The highest BCUT2D eigenvalue weighted by atomic mass is 35.5. The van der Waals surface area contributed by atoms with Crippen molar-refractivity contribution >= 4 is 43.8 Å². The van der Waals surface area contributed by atoms with Gasteiger partial charge in [0, 0.05) is 23.0 Å². The molecule has 1 aliphatic heterocycles. The summed E-state index contributed by atoms with van der Waals surface area (Å²) in [6.45, 7) is 7.41. The van der Waals surface area contributed by atoms with E-state index in [0.29, 0.717) is 21.6 Å². The van der Waals surface area contributed by atoms with Crippen LogP contribution in [0.1, 0.15) is 54.1 Å². The minimum Gasteiger partial charge on any atom is -0.302 e. The number of aromatic nitrogens is 1. The van der Waals surface area contributed by atoms with Gasteiger partial charge in [-0.25, -0.2) is 13.4 Å². The molecule has 0 saturated carbocycles. The normalized spacial score (nSPS) is 15.6. The number of halogens is 1. The molecular weight excluding hydrogens is 516 g/mol. The summed E-state index contributed by atoms with van der Waals surface area (Å²) in [5, 5.41) is 13.6. The number of benzene rings is 2. The number of nitrogens with zero attached hydrogens (tertiary/aromatic N) is 3. The standard InChI is InChI=1S/C26H27ClN4O3S2/c1-4-36(33,34)21-10-7-18(19(11-21)13-28)12-23(32)29-26-30-24-22(35-26)15-31(25(24)16(2)3)14-17-5-8-20(27)9-6-17/h5-11,16,25H,4,12,14-15H2,1-3H3,(H,29,30,32). The summed E-state index contributed by atoms with van der Waals surface area (Å²) in [5.74, 6) is -0.0228. The second-order valence-corrected chi connectivity index (χ2v) is 12.9. The zero-order valence-corrected chi connectivity index (χ0v) is 22.7. The Morgan fingerprint density at radius 3 is 2.64 bits per heavy atom. The van der Waals surface area contributed by atoms with Crippen LogP contribution in [0.25, 0.3) is 0 Å². The maximum Gasteiger partial charge on any atom is 0.230 e. The van der Waals surface area contributed by atoms with E-state index in [-0.39, 0.29) is 34.6 Å². The van der Waals surface area contributed by atoms with Crippen LogP contribution in [0.5, 0.6) is 0 Å². The van der Waals surface area contributed by atoms with Gasteiger partial charge in [-0.05, 0) is 41.3 Å². The second kappa shape index (κ2) is 10.7. The lowest BCUT2D eigenvalue weighted by molar-refractivity contribution is -0.115. The van der Waals surface area contributed by atoms with Crippen LogP contribution in [0.2, 0.25) is 5.02 Å². The molecule has 2 heterocycles. The smallest absolute Gasteiger partial charge is 0.230 e. The van der Waals surface area contributed by atoms with Crippen molar-refractivity contribution in [2.75, 3.05) is 11.1 Å². The molecule has 1 aliphatic rings. The topological polar surface area (TPSA) is 103 Å². The molecule has 1 N–H and O–H groups in total. The Bertz CT molecular complexity index is 1430. The number of rotatable bonds is 8. The summed E-state index contributed by atoms with van der Waals surface area (Å²) >= 11 is 7.49. The van der Waals surface area contributed by atoms with Crippen LogP contribution in [0.4, 0.5) is 5.13 Å². The molecule has 0 fully saturated rings. The zero-order valence-electron chi connectivity index (χ0n) is 20.3. The molecule has 36 heavy (non-hydrogen) atoms. The largest absolute Gasteiger partial charge is 0.302 e. The molecular formula is C26H27ClN4O3S2. The highest BCUT2D eigenvalue weighted by molar-refractivity contribution is 7.91. The fourth-order valence-corrected chi connectivity index (χ4v) is 6.52. The quantitative estimate of drug-likeness (QED) is 0.411. The number of fused-ring (bicyclic) bond motifs is 1. The van der Waals surface area contributed by atoms with E-state index in [1.54, 1.807) is 6.92 Å². The summed E-state index contributed by atoms with van der Waals surface area (Å²) in [7, 11) is -3.43. The van der Waals surface area contributed by atoms with Crippen LogP contribution in [-0.4, -0.2) is 30.0 Å². The lowest BCUT2D eigenvalue weighted by atomic mass is 10.0. The molecule has 1 amide bonds. The van der Waals surface area contributed by atoms with E-state index < -0.39 is 9.84 Å². The number of carbonyl (C=O) groups is 1. The van der Waals surface area contributed by atoms with Crippen molar-refractivity contribution in [3.63, 3.8) is 0 Å². The molecule has 1 aromatic heterocycles. The first kappa shape index (κ1) is 26.3. The van der Waals surface area contributed by atoms with Crippen molar-refractivity contribution in [2.45, 2.75) is 51.2 Å². The summed E-state index contributed by atoms with van der Waals surface area (Å²) in [5.41, 5.74) is 2.83. The second-order valence-electron chi connectivity index (χ2n) is 9.11. The number of sulfone groups is 1. The Morgan fingerprint density at radius 1 is 1.28 bits per heavy atom. The van der Waals surface area contributed by atoms with Gasteiger partial charge in [0.05, 0.1) is 40.4 Å². The maximum atomic E-state index is 12.8. The van der Waals surface area contributed by atoms with Crippen molar-refractivity contribution in [3.8, 4) is 6.07 Å². The number of carbonyl (C=O) groups excluding carboxylic acids is 1. The van der Waals surface area contributed by atoms with Gasteiger partial charge < -0.3 is 5.32 Å². The highest BCUT2D eigenvalue weighted by Gasteiger charge is 2.36. The summed E-state index contributed by atoms with van der Waals surface area (Å²) < 4.78 is 24.2. The molecule has 10 heteroatoms. The summed E-state index contributed by atoms with van der Waals surface area (Å²) in [6.07, 6.45) is -0.0457. The molecule has 188 valence electrons. The Labute approximate surface area is 220 Å². The van der Waals surface area contributed by atoms with Gasteiger partial charge in [0.1, 0.15) is 0 Å². The molecule has 0 radical (unpaired) electrons. The molecule has 4 rings (SSSR count). The summed E-state index contributed by atoms with van der Waals surface area (Å²) in [4.78, 5) is 21.1. The number of hydrogen-bond acceptors (Lipinski definition) is 7. The third-order valence-corrected chi connectivity index (χ3v) is 9.17. The Hall–Kier alpha value is -2.77. The zero-order chi connectivity index (χ0) is 26.0. The minimum absolute atomic E-state index is 0.0457. The number of anilines is 1. The molecule has 1 unspecified atom stereocenters. The van der Waals surface area contributed by atoms with E-state index in [4.69, 9.17) is 16.6 Å². The molecule has 2 aromatic carbocycles. The highest BCUT2D eigenvalue weighted by Crippen LogP contribution is 2.43.